The molecule has 1 unspecified atom stereocenters. The van der Waals surface area contributed by atoms with Crippen LogP contribution < -0.4 is 5.32 Å². The minimum Gasteiger partial charge on any atom is -0.375 e. The van der Waals surface area contributed by atoms with Crippen LogP contribution in [0.4, 0.5) is 4.79 Å². The number of rotatable bonds is 5. The van der Waals surface area contributed by atoms with Gasteiger partial charge in [-0.15, -0.1) is 0 Å². The van der Waals surface area contributed by atoms with Gasteiger partial charge in [0.05, 0.1) is 5.60 Å². The Morgan fingerprint density at radius 1 is 1.10 bits per heavy atom. The molecule has 1 aromatic rings. The summed E-state index contributed by atoms with van der Waals surface area (Å²) in [5.41, 5.74) is 1.10. The van der Waals surface area contributed by atoms with Gasteiger partial charge >= 0.3 is 6.03 Å². The Balaban J connectivity index is 1.23. The van der Waals surface area contributed by atoms with E-state index in [-0.39, 0.29) is 11.6 Å². The molecule has 3 heterocycles. The first-order valence-corrected chi connectivity index (χ1v) is 12.2. The van der Waals surface area contributed by atoms with Crippen molar-refractivity contribution in [3.8, 4) is 0 Å². The molecular formula is C25H40N4O2. The Kier molecular flexibility index (Phi) is 7.51. The molecule has 3 saturated heterocycles. The van der Waals surface area contributed by atoms with Gasteiger partial charge in [-0.1, -0.05) is 44.2 Å². The van der Waals surface area contributed by atoms with E-state index in [0.717, 1.165) is 56.9 Å². The average molecular weight is 429 g/mol. The van der Waals surface area contributed by atoms with E-state index in [4.69, 9.17) is 4.74 Å². The fourth-order valence-electron chi connectivity index (χ4n) is 5.49. The molecule has 0 aromatic heterocycles. The summed E-state index contributed by atoms with van der Waals surface area (Å²) in [6, 6.07) is 10.8. The lowest BCUT2D eigenvalue weighted by atomic mass is 9.81. The molecule has 1 aromatic carbocycles. The lowest BCUT2D eigenvalue weighted by Gasteiger charge is -2.49. The number of ether oxygens (including phenoxy) is 1. The molecule has 3 aliphatic rings. The van der Waals surface area contributed by atoms with Gasteiger partial charge in [0.15, 0.2) is 0 Å². The summed E-state index contributed by atoms with van der Waals surface area (Å²) in [5.74, 6) is 0.743. The lowest BCUT2D eigenvalue weighted by Crippen LogP contribution is -2.58. The molecule has 2 amide bonds. The van der Waals surface area contributed by atoms with Gasteiger partial charge in [-0.2, -0.15) is 0 Å². The van der Waals surface area contributed by atoms with Crippen molar-refractivity contribution in [3.05, 3.63) is 35.9 Å². The second-order valence-corrected chi connectivity index (χ2v) is 10.0. The van der Waals surface area contributed by atoms with Crippen LogP contribution in [0.3, 0.4) is 0 Å². The SMILES string of the molecule is CC(C)CN1CCN(C2CCOC3(CCN(C(=O)NCc4ccccc4)CC3)C2)CC1. The van der Waals surface area contributed by atoms with Crippen LogP contribution in [-0.2, 0) is 11.3 Å². The standard InChI is InChI=1S/C25H40N4O2/c1-21(2)20-27-13-15-28(16-14-27)23-8-17-31-25(18-23)9-11-29(12-10-25)24(30)26-19-22-6-4-3-5-7-22/h3-7,21,23H,8-20H2,1-2H3,(H,26,30). The maximum atomic E-state index is 12.6. The number of nitrogens with one attached hydrogen (secondary N) is 1. The van der Waals surface area contributed by atoms with E-state index in [1.165, 1.54) is 32.7 Å². The molecule has 172 valence electrons. The van der Waals surface area contributed by atoms with Gasteiger partial charge in [-0.3, -0.25) is 4.90 Å². The number of piperazine rings is 1. The van der Waals surface area contributed by atoms with E-state index in [9.17, 15) is 4.79 Å². The number of nitrogens with zero attached hydrogens (tertiary/aromatic N) is 3. The van der Waals surface area contributed by atoms with Crippen LogP contribution in [0.2, 0.25) is 0 Å². The molecule has 0 bridgehead atoms. The number of benzene rings is 1. The summed E-state index contributed by atoms with van der Waals surface area (Å²) in [5, 5.41) is 3.07. The van der Waals surface area contributed by atoms with Crippen LogP contribution in [0.5, 0.6) is 0 Å². The van der Waals surface area contributed by atoms with Crippen LogP contribution in [0.15, 0.2) is 30.3 Å². The van der Waals surface area contributed by atoms with E-state index >= 15 is 0 Å². The van der Waals surface area contributed by atoms with Crippen LogP contribution >= 0.6 is 0 Å². The maximum Gasteiger partial charge on any atom is 0.317 e. The highest BCUT2D eigenvalue weighted by Gasteiger charge is 2.42. The molecule has 6 heteroatoms. The maximum absolute atomic E-state index is 12.6. The molecule has 1 N–H and O–H groups in total. The number of carbonyl (C=O) groups excluding carboxylic acids is 1. The van der Waals surface area contributed by atoms with Gasteiger partial charge in [0.2, 0.25) is 0 Å². The molecule has 31 heavy (non-hydrogen) atoms. The predicted octanol–water partition coefficient (Wildman–Crippen LogP) is 3.18. The Bertz CT molecular complexity index is 695. The molecule has 0 aliphatic carbocycles. The van der Waals surface area contributed by atoms with E-state index in [1.807, 2.05) is 35.2 Å². The third kappa shape index (κ3) is 5.99. The molecule has 0 radical (unpaired) electrons. The number of likely N-dealkylation sites (tertiary alicyclic amines) is 1. The Morgan fingerprint density at radius 3 is 2.48 bits per heavy atom. The average Bonchev–Trinajstić information content (AvgIpc) is 2.79. The Labute approximate surface area is 187 Å². The summed E-state index contributed by atoms with van der Waals surface area (Å²) in [6.07, 6.45) is 4.18. The van der Waals surface area contributed by atoms with Crippen molar-refractivity contribution in [1.82, 2.24) is 20.0 Å². The summed E-state index contributed by atoms with van der Waals surface area (Å²) in [4.78, 5) is 19.9. The second-order valence-electron chi connectivity index (χ2n) is 10.0. The number of hydrogen-bond donors (Lipinski definition) is 1. The smallest absolute Gasteiger partial charge is 0.317 e. The van der Waals surface area contributed by atoms with Crippen LogP contribution in [0.25, 0.3) is 0 Å². The highest BCUT2D eigenvalue weighted by atomic mass is 16.5. The molecule has 6 nitrogen and oxygen atoms in total. The Morgan fingerprint density at radius 2 is 1.81 bits per heavy atom. The molecule has 1 spiro atoms. The van der Waals surface area contributed by atoms with Crippen molar-refractivity contribution < 1.29 is 9.53 Å². The Hall–Kier alpha value is -1.63. The first-order chi connectivity index (χ1) is 15.0. The number of urea groups is 1. The van der Waals surface area contributed by atoms with E-state index < -0.39 is 0 Å². The summed E-state index contributed by atoms with van der Waals surface area (Å²) in [6.45, 7) is 13.6. The predicted molar refractivity (Wildman–Crippen MR) is 124 cm³/mol. The second kappa shape index (κ2) is 10.3. The monoisotopic (exact) mass is 428 g/mol. The highest BCUT2D eigenvalue weighted by molar-refractivity contribution is 5.74. The van der Waals surface area contributed by atoms with Crippen molar-refractivity contribution in [2.24, 2.45) is 5.92 Å². The molecule has 3 fully saturated rings. The van der Waals surface area contributed by atoms with Gasteiger partial charge in [-0.25, -0.2) is 4.79 Å². The van der Waals surface area contributed by atoms with E-state index in [1.54, 1.807) is 0 Å². The molecular weight excluding hydrogens is 388 g/mol. The number of hydrogen-bond acceptors (Lipinski definition) is 4. The van der Waals surface area contributed by atoms with Gasteiger partial charge in [0, 0.05) is 65.0 Å². The number of amides is 2. The first-order valence-electron chi connectivity index (χ1n) is 12.2. The molecule has 4 rings (SSSR count). The zero-order chi connectivity index (χ0) is 21.7. The lowest BCUT2D eigenvalue weighted by molar-refractivity contribution is -0.132. The minimum absolute atomic E-state index is 0.0335. The van der Waals surface area contributed by atoms with Crippen molar-refractivity contribution in [2.75, 3.05) is 52.4 Å². The zero-order valence-electron chi connectivity index (χ0n) is 19.4. The third-order valence-electron chi connectivity index (χ3n) is 7.26. The summed E-state index contributed by atoms with van der Waals surface area (Å²) < 4.78 is 6.36. The zero-order valence-corrected chi connectivity index (χ0v) is 19.4. The number of carbonyl (C=O) groups is 1. The highest BCUT2D eigenvalue weighted by Crippen LogP contribution is 2.37. The van der Waals surface area contributed by atoms with Crippen molar-refractivity contribution in [3.63, 3.8) is 0 Å². The largest absolute Gasteiger partial charge is 0.375 e. The van der Waals surface area contributed by atoms with Gasteiger partial charge in [0.25, 0.3) is 0 Å². The van der Waals surface area contributed by atoms with Crippen LogP contribution in [0, 0.1) is 5.92 Å². The molecule has 1 atom stereocenters. The van der Waals surface area contributed by atoms with Gasteiger partial charge in [0.1, 0.15) is 0 Å². The van der Waals surface area contributed by atoms with Crippen molar-refractivity contribution in [2.45, 2.75) is 57.7 Å². The summed E-state index contributed by atoms with van der Waals surface area (Å²) >= 11 is 0. The van der Waals surface area contributed by atoms with Crippen LogP contribution in [0.1, 0.15) is 45.1 Å². The summed E-state index contributed by atoms with van der Waals surface area (Å²) in [7, 11) is 0. The van der Waals surface area contributed by atoms with Crippen molar-refractivity contribution in [1.29, 1.82) is 0 Å². The quantitative estimate of drug-likeness (QED) is 0.783. The topological polar surface area (TPSA) is 48.1 Å². The fourth-order valence-corrected chi connectivity index (χ4v) is 5.49. The van der Waals surface area contributed by atoms with Gasteiger partial charge < -0.3 is 19.9 Å². The molecule has 3 aliphatic heterocycles. The van der Waals surface area contributed by atoms with Crippen LogP contribution in [-0.4, -0.2) is 84.8 Å². The van der Waals surface area contributed by atoms with Gasteiger partial charge in [-0.05, 0) is 37.2 Å². The van der Waals surface area contributed by atoms with Crippen molar-refractivity contribution >= 4 is 6.03 Å². The first kappa shape index (κ1) is 22.6. The third-order valence-corrected chi connectivity index (χ3v) is 7.26. The number of piperidine rings is 1. The normalized spacial score (nSPS) is 25.1. The van der Waals surface area contributed by atoms with E-state index in [2.05, 4.69) is 29.0 Å². The minimum atomic E-state index is -0.0335. The van der Waals surface area contributed by atoms with E-state index in [0.29, 0.717) is 12.6 Å². The molecule has 0 saturated carbocycles. The fraction of sp³-hybridized carbons (Fsp3) is 0.720.